The molecule has 0 fully saturated rings. The Kier molecular flexibility index (Phi) is 6.61. The molecule has 0 aromatic heterocycles. The first-order chi connectivity index (χ1) is 16.1. The number of amides is 1. The Morgan fingerprint density at radius 3 is 2.39 bits per heavy atom. The minimum Gasteiger partial charge on any atom is -0.504 e. The third-order valence-electron chi connectivity index (χ3n) is 5.56. The highest BCUT2D eigenvalue weighted by Crippen LogP contribution is 2.44. The maximum Gasteiger partial charge on any atom is 0.407 e. The number of phenolic OH excluding ortho intramolecular Hbond substituents is 1. The van der Waals surface area contributed by atoms with Gasteiger partial charge in [-0.15, -0.1) is 0 Å². The zero-order chi connectivity index (χ0) is 23.2. The van der Waals surface area contributed by atoms with Gasteiger partial charge in [-0.2, -0.15) is 0 Å². The number of nitrogens with one attached hydrogen (secondary N) is 1. The summed E-state index contributed by atoms with van der Waals surface area (Å²) in [6.07, 6.45) is 0.489. The van der Waals surface area contributed by atoms with E-state index in [1.807, 2.05) is 24.3 Å². The summed E-state index contributed by atoms with van der Waals surface area (Å²) in [7, 11) is 1.42. The van der Waals surface area contributed by atoms with Gasteiger partial charge in [0.1, 0.15) is 6.61 Å². The van der Waals surface area contributed by atoms with E-state index in [0.29, 0.717) is 24.8 Å². The normalized spacial score (nSPS) is 11.5. The predicted octanol–water partition coefficient (Wildman–Crippen LogP) is 4.49. The fourth-order valence-electron chi connectivity index (χ4n) is 3.99. The van der Waals surface area contributed by atoms with Gasteiger partial charge in [0.05, 0.1) is 7.11 Å². The largest absolute Gasteiger partial charge is 0.504 e. The Morgan fingerprint density at radius 1 is 1.09 bits per heavy atom. The first-order valence-corrected chi connectivity index (χ1v) is 10.6. The van der Waals surface area contributed by atoms with Gasteiger partial charge in [0.2, 0.25) is 0 Å². The van der Waals surface area contributed by atoms with Gasteiger partial charge in [0, 0.05) is 36.1 Å². The van der Waals surface area contributed by atoms with E-state index in [1.54, 1.807) is 0 Å². The van der Waals surface area contributed by atoms with Crippen LogP contribution in [0.4, 0.5) is 4.79 Å². The number of methoxy groups -OCH3 is 1. The molecule has 0 heterocycles. The predicted molar refractivity (Wildman–Crippen MR) is 125 cm³/mol. The first kappa shape index (κ1) is 22.0. The third-order valence-corrected chi connectivity index (χ3v) is 5.56. The standard InChI is InChI=1S/C27H23NO5/c1-32-26-15-18(19(16-29)14-25(26)30)8-6-7-13-28-27(31)33-17-24-22-11-4-2-9-20(22)21-10-3-5-12-23(21)24/h2-5,9-12,14-16,24,30H,7,13,17H2,1H3,(H,28,31). The summed E-state index contributed by atoms with van der Waals surface area (Å²) < 4.78 is 10.5. The molecule has 0 aliphatic heterocycles. The number of rotatable bonds is 6. The van der Waals surface area contributed by atoms with E-state index in [-0.39, 0.29) is 29.6 Å². The quantitative estimate of drug-likeness (QED) is 0.334. The summed E-state index contributed by atoms with van der Waals surface area (Å²) in [6, 6.07) is 19.2. The molecule has 2 N–H and O–H groups in total. The van der Waals surface area contributed by atoms with Crippen molar-refractivity contribution in [2.24, 2.45) is 0 Å². The van der Waals surface area contributed by atoms with Gasteiger partial charge in [-0.3, -0.25) is 4.79 Å². The number of carbonyl (C=O) groups excluding carboxylic acids is 2. The van der Waals surface area contributed by atoms with Crippen LogP contribution in [0, 0.1) is 11.8 Å². The molecule has 1 aliphatic carbocycles. The van der Waals surface area contributed by atoms with Gasteiger partial charge in [-0.05, 0) is 28.3 Å². The van der Waals surface area contributed by atoms with Gasteiger partial charge in [-0.1, -0.05) is 60.4 Å². The molecular weight excluding hydrogens is 418 g/mol. The molecule has 1 aliphatic rings. The number of benzene rings is 3. The van der Waals surface area contributed by atoms with Crippen LogP contribution in [0.3, 0.4) is 0 Å². The molecule has 0 spiro atoms. The fraction of sp³-hybridized carbons (Fsp3) is 0.185. The van der Waals surface area contributed by atoms with Crippen molar-refractivity contribution in [2.45, 2.75) is 12.3 Å². The number of phenols is 1. The third kappa shape index (κ3) is 4.68. The van der Waals surface area contributed by atoms with Crippen LogP contribution < -0.4 is 10.1 Å². The SMILES string of the molecule is COc1cc(C#CCCNC(=O)OCC2c3ccccc3-c3ccccc32)c(C=O)cc1O. The van der Waals surface area contributed by atoms with Gasteiger partial charge < -0.3 is 19.9 Å². The Labute approximate surface area is 192 Å². The maximum atomic E-state index is 12.2. The van der Waals surface area contributed by atoms with Crippen molar-refractivity contribution in [2.75, 3.05) is 20.3 Å². The molecule has 4 rings (SSSR count). The number of hydrogen-bond donors (Lipinski definition) is 2. The highest BCUT2D eigenvalue weighted by atomic mass is 16.5. The lowest BCUT2D eigenvalue weighted by Crippen LogP contribution is -2.26. The van der Waals surface area contributed by atoms with Crippen molar-refractivity contribution in [1.29, 1.82) is 0 Å². The Bertz CT molecular complexity index is 1210. The fourth-order valence-corrected chi connectivity index (χ4v) is 3.99. The van der Waals surface area contributed by atoms with Crippen LogP contribution in [-0.2, 0) is 4.74 Å². The second-order valence-corrected chi connectivity index (χ2v) is 7.53. The molecule has 0 saturated carbocycles. The molecule has 166 valence electrons. The van der Waals surface area contributed by atoms with Crippen molar-refractivity contribution in [3.8, 4) is 34.5 Å². The van der Waals surface area contributed by atoms with Crippen molar-refractivity contribution < 1.29 is 24.2 Å². The molecule has 0 saturated heterocycles. The van der Waals surface area contributed by atoms with Crippen LogP contribution in [0.1, 0.15) is 39.4 Å². The first-order valence-electron chi connectivity index (χ1n) is 10.6. The summed E-state index contributed by atoms with van der Waals surface area (Å²) in [5, 5.41) is 12.5. The maximum absolute atomic E-state index is 12.2. The second kappa shape index (κ2) is 9.92. The zero-order valence-electron chi connectivity index (χ0n) is 18.1. The van der Waals surface area contributed by atoms with Gasteiger partial charge in [-0.25, -0.2) is 4.79 Å². The van der Waals surface area contributed by atoms with Crippen LogP contribution in [0.25, 0.3) is 11.1 Å². The molecule has 1 amide bonds. The van der Waals surface area contributed by atoms with E-state index in [4.69, 9.17) is 9.47 Å². The Hall–Kier alpha value is -4.24. The summed E-state index contributed by atoms with van der Waals surface area (Å²) in [5.74, 6) is 5.91. The summed E-state index contributed by atoms with van der Waals surface area (Å²) in [6.45, 7) is 0.552. The minimum absolute atomic E-state index is 0.00850. The summed E-state index contributed by atoms with van der Waals surface area (Å²) in [4.78, 5) is 23.4. The number of alkyl carbamates (subject to hydrolysis) is 1. The zero-order valence-corrected chi connectivity index (χ0v) is 18.1. The number of aldehydes is 1. The van der Waals surface area contributed by atoms with Crippen LogP contribution in [-0.4, -0.2) is 37.7 Å². The molecular formula is C27H23NO5. The molecule has 0 radical (unpaired) electrons. The van der Waals surface area contributed by atoms with E-state index in [9.17, 15) is 14.7 Å². The van der Waals surface area contributed by atoms with Gasteiger partial charge >= 0.3 is 6.09 Å². The van der Waals surface area contributed by atoms with E-state index in [0.717, 1.165) is 11.1 Å². The smallest absolute Gasteiger partial charge is 0.407 e. The van der Waals surface area contributed by atoms with E-state index >= 15 is 0 Å². The van der Waals surface area contributed by atoms with Gasteiger partial charge in [0.15, 0.2) is 17.8 Å². The molecule has 0 bridgehead atoms. The number of ether oxygens (including phenoxy) is 2. The monoisotopic (exact) mass is 441 g/mol. The lowest BCUT2D eigenvalue weighted by Gasteiger charge is -2.14. The van der Waals surface area contributed by atoms with Crippen molar-refractivity contribution in [1.82, 2.24) is 5.32 Å². The van der Waals surface area contributed by atoms with Crippen molar-refractivity contribution in [3.05, 3.63) is 82.9 Å². The number of carbonyl (C=O) groups is 2. The number of aromatic hydroxyl groups is 1. The summed E-state index contributed by atoms with van der Waals surface area (Å²) >= 11 is 0. The lowest BCUT2D eigenvalue weighted by atomic mass is 9.98. The molecule has 6 heteroatoms. The minimum atomic E-state index is -0.501. The molecule has 3 aromatic carbocycles. The Morgan fingerprint density at radius 2 is 1.76 bits per heavy atom. The number of hydrogen-bond acceptors (Lipinski definition) is 5. The topological polar surface area (TPSA) is 84.9 Å². The average Bonchev–Trinajstić information content (AvgIpc) is 3.16. The van der Waals surface area contributed by atoms with E-state index in [1.165, 1.54) is 30.4 Å². The van der Waals surface area contributed by atoms with Crippen LogP contribution in [0.15, 0.2) is 60.7 Å². The van der Waals surface area contributed by atoms with Crippen LogP contribution in [0.2, 0.25) is 0 Å². The molecule has 33 heavy (non-hydrogen) atoms. The molecule has 0 atom stereocenters. The van der Waals surface area contributed by atoms with Crippen molar-refractivity contribution >= 4 is 12.4 Å². The average molecular weight is 441 g/mol. The molecule has 3 aromatic rings. The lowest BCUT2D eigenvalue weighted by molar-refractivity contribution is 0.112. The van der Waals surface area contributed by atoms with Crippen LogP contribution in [0.5, 0.6) is 11.5 Å². The molecule has 6 nitrogen and oxygen atoms in total. The van der Waals surface area contributed by atoms with Gasteiger partial charge in [0.25, 0.3) is 0 Å². The number of fused-ring (bicyclic) bond motifs is 3. The van der Waals surface area contributed by atoms with E-state index in [2.05, 4.69) is 41.4 Å². The summed E-state index contributed by atoms with van der Waals surface area (Å²) in [5.41, 5.74) is 5.39. The highest BCUT2D eigenvalue weighted by molar-refractivity contribution is 5.81. The Balaban J connectivity index is 1.31. The van der Waals surface area contributed by atoms with E-state index < -0.39 is 6.09 Å². The molecule has 0 unspecified atom stereocenters. The second-order valence-electron chi connectivity index (χ2n) is 7.53. The van der Waals surface area contributed by atoms with Crippen molar-refractivity contribution in [3.63, 3.8) is 0 Å². The highest BCUT2D eigenvalue weighted by Gasteiger charge is 2.28. The van der Waals surface area contributed by atoms with Crippen LogP contribution >= 0.6 is 0 Å².